The predicted octanol–water partition coefficient (Wildman–Crippen LogP) is 4.38. The number of benzene rings is 2. The lowest BCUT2D eigenvalue weighted by atomic mass is 10.1. The highest BCUT2D eigenvalue weighted by Crippen LogP contribution is 2.37. The summed E-state index contributed by atoms with van der Waals surface area (Å²) in [5.41, 5.74) is 1.64. The van der Waals surface area contributed by atoms with Crippen LogP contribution in [-0.4, -0.2) is 26.0 Å². The molecule has 2 aromatic carbocycles. The first-order valence-corrected chi connectivity index (χ1v) is 8.84. The van der Waals surface area contributed by atoms with Gasteiger partial charge in [-0.05, 0) is 31.2 Å². The smallest absolute Gasteiger partial charge is 0.357 e. The van der Waals surface area contributed by atoms with Gasteiger partial charge in [-0.25, -0.2) is 4.79 Å². The Kier molecular flexibility index (Phi) is 4.73. The van der Waals surface area contributed by atoms with E-state index in [2.05, 4.69) is 5.16 Å². The van der Waals surface area contributed by atoms with Crippen molar-refractivity contribution < 1.29 is 19.0 Å². The molecule has 0 aliphatic heterocycles. The second-order valence-electron chi connectivity index (χ2n) is 5.07. The third-order valence-electron chi connectivity index (χ3n) is 3.55. The highest BCUT2D eigenvalue weighted by molar-refractivity contribution is 7.92. The second-order valence-corrected chi connectivity index (χ2v) is 7.63. The fraction of sp³-hybridized carbons (Fsp3) is 0.125. The van der Waals surface area contributed by atoms with E-state index in [1.54, 1.807) is 30.3 Å². The number of aromatic nitrogens is 1. The zero-order valence-electron chi connectivity index (χ0n) is 12.3. The van der Waals surface area contributed by atoms with Crippen LogP contribution in [0.5, 0.6) is 0 Å². The molecule has 5 nitrogen and oxygen atoms in total. The van der Waals surface area contributed by atoms with Gasteiger partial charge in [0.1, 0.15) is 10.7 Å². The van der Waals surface area contributed by atoms with E-state index < -0.39 is 22.4 Å². The molecule has 0 aliphatic rings. The second kappa shape index (κ2) is 6.64. The Morgan fingerprint density at radius 3 is 2.54 bits per heavy atom. The average Bonchev–Trinajstić information content (AvgIpc) is 2.99. The molecule has 0 radical (unpaired) electrons. The van der Waals surface area contributed by atoms with E-state index >= 15 is 0 Å². The topological polar surface area (TPSA) is 86.4 Å². The van der Waals surface area contributed by atoms with E-state index in [1.165, 1.54) is 13.0 Å². The SMILES string of the molecule is CC(C(=O)O)[S+]([O-])c1ccc2c(-c3ccc(Cl)cc3)noc2c1Cl. The molecule has 1 aromatic heterocycles. The molecular formula is C16H11Cl2NO4S. The summed E-state index contributed by atoms with van der Waals surface area (Å²) < 4.78 is 17.6. The molecule has 1 N–H and O–H groups in total. The van der Waals surface area contributed by atoms with E-state index in [1.807, 2.05) is 0 Å². The summed E-state index contributed by atoms with van der Waals surface area (Å²) in [6.07, 6.45) is 0. The number of hydrogen-bond donors (Lipinski definition) is 1. The first-order valence-electron chi connectivity index (χ1n) is 6.87. The molecule has 2 unspecified atom stereocenters. The largest absolute Gasteiger partial charge is 0.611 e. The quantitative estimate of drug-likeness (QED) is 0.675. The summed E-state index contributed by atoms with van der Waals surface area (Å²) >= 11 is 10.4. The summed E-state index contributed by atoms with van der Waals surface area (Å²) in [6.45, 7) is 1.36. The number of aliphatic carboxylic acids is 1. The zero-order chi connectivity index (χ0) is 17.4. The Morgan fingerprint density at radius 2 is 1.92 bits per heavy atom. The minimum Gasteiger partial charge on any atom is -0.611 e. The van der Waals surface area contributed by atoms with Gasteiger partial charge in [-0.3, -0.25) is 0 Å². The van der Waals surface area contributed by atoms with Crippen LogP contribution in [0.25, 0.3) is 22.2 Å². The van der Waals surface area contributed by atoms with E-state index in [4.69, 9.17) is 32.8 Å². The first-order chi connectivity index (χ1) is 11.4. The Balaban J connectivity index is 2.08. The van der Waals surface area contributed by atoms with Crippen LogP contribution in [0.1, 0.15) is 6.92 Å². The third kappa shape index (κ3) is 2.98. The number of nitrogens with zero attached hydrogens (tertiary/aromatic N) is 1. The molecule has 0 amide bonds. The monoisotopic (exact) mass is 383 g/mol. The molecular weight excluding hydrogens is 373 g/mol. The molecule has 0 aliphatic carbocycles. The molecule has 0 spiro atoms. The molecule has 8 heteroatoms. The number of carboxylic acids is 1. The van der Waals surface area contributed by atoms with Crippen molar-refractivity contribution in [3.05, 3.63) is 46.4 Å². The minimum atomic E-state index is -1.80. The van der Waals surface area contributed by atoms with Crippen molar-refractivity contribution in [2.45, 2.75) is 17.1 Å². The summed E-state index contributed by atoms with van der Waals surface area (Å²) in [4.78, 5) is 11.2. The van der Waals surface area contributed by atoms with Crippen LogP contribution in [0.2, 0.25) is 10.0 Å². The van der Waals surface area contributed by atoms with Gasteiger partial charge in [0.15, 0.2) is 10.5 Å². The molecule has 0 fully saturated rings. The lowest BCUT2D eigenvalue weighted by Gasteiger charge is -2.15. The average molecular weight is 384 g/mol. The number of rotatable bonds is 4. The van der Waals surface area contributed by atoms with E-state index in [0.717, 1.165) is 5.56 Å². The summed E-state index contributed by atoms with van der Waals surface area (Å²) in [5.74, 6) is -1.16. The van der Waals surface area contributed by atoms with Crippen LogP contribution in [0.4, 0.5) is 0 Å². The fourth-order valence-electron chi connectivity index (χ4n) is 2.21. The molecule has 1 heterocycles. The maximum atomic E-state index is 12.3. The van der Waals surface area contributed by atoms with Gasteiger partial charge in [-0.1, -0.05) is 40.5 Å². The molecule has 0 bridgehead atoms. The minimum absolute atomic E-state index is 0.103. The van der Waals surface area contributed by atoms with E-state index in [9.17, 15) is 9.35 Å². The standard InChI is InChI=1S/C16H11Cl2NO4S/c1-8(16(20)21)24(22)12-7-6-11-14(19-23-15(11)13(12)18)9-2-4-10(17)5-3-9/h2-8H,1H3,(H,20,21). The van der Waals surface area contributed by atoms with Crippen LogP contribution in [0.3, 0.4) is 0 Å². The van der Waals surface area contributed by atoms with Gasteiger partial charge in [-0.2, -0.15) is 0 Å². The Hall–Kier alpha value is -1.73. The van der Waals surface area contributed by atoms with Crippen LogP contribution in [0.15, 0.2) is 45.8 Å². The molecule has 24 heavy (non-hydrogen) atoms. The summed E-state index contributed by atoms with van der Waals surface area (Å²) in [5, 5.41) is 13.3. The van der Waals surface area contributed by atoms with Gasteiger partial charge >= 0.3 is 5.97 Å². The van der Waals surface area contributed by atoms with Crippen LogP contribution >= 0.6 is 23.2 Å². The molecule has 124 valence electrons. The van der Waals surface area contributed by atoms with Gasteiger partial charge in [0.25, 0.3) is 0 Å². The van der Waals surface area contributed by atoms with Crippen molar-refractivity contribution in [2.75, 3.05) is 0 Å². The van der Waals surface area contributed by atoms with Crippen molar-refractivity contribution in [1.82, 2.24) is 5.16 Å². The predicted molar refractivity (Wildman–Crippen MR) is 93.0 cm³/mol. The zero-order valence-corrected chi connectivity index (χ0v) is 14.7. The van der Waals surface area contributed by atoms with Crippen LogP contribution < -0.4 is 0 Å². The Bertz CT molecular complexity index is 910. The normalized spacial score (nSPS) is 13.8. The lowest BCUT2D eigenvalue weighted by Crippen LogP contribution is -2.27. The Morgan fingerprint density at radius 1 is 1.25 bits per heavy atom. The van der Waals surface area contributed by atoms with Crippen molar-refractivity contribution in [2.24, 2.45) is 0 Å². The van der Waals surface area contributed by atoms with Gasteiger partial charge in [0.05, 0.1) is 5.39 Å². The molecule has 0 saturated carbocycles. The molecule has 3 aromatic rings. The van der Waals surface area contributed by atoms with Gasteiger partial charge < -0.3 is 14.2 Å². The first kappa shape index (κ1) is 17.1. The van der Waals surface area contributed by atoms with Crippen molar-refractivity contribution in [1.29, 1.82) is 0 Å². The third-order valence-corrected chi connectivity index (χ3v) is 5.91. The number of hydrogen-bond acceptors (Lipinski definition) is 4. The lowest BCUT2D eigenvalue weighted by molar-refractivity contribution is -0.136. The number of fused-ring (bicyclic) bond motifs is 1. The van der Waals surface area contributed by atoms with Crippen molar-refractivity contribution in [3.8, 4) is 11.3 Å². The Labute approximate surface area is 150 Å². The number of carboxylic acid groups (broad SMARTS) is 1. The highest BCUT2D eigenvalue weighted by Gasteiger charge is 2.31. The van der Waals surface area contributed by atoms with Gasteiger partial charge in [0, 0.05) is 21.8 Å². The van der Waals surface area contributed by atoms with Crippen molar-refractivity contribution >= 4 is 51.3 Å². The fourth-order valence-corrected chi connectivity index (χ4v) is 3.80. The summed E-state index contributed by atoms with van der Waals surface area (Å²) in [6, 6.07) is 10.3. The molecule has 2 atom stereocenters. The van der Waals surface area contributed by atoms with E-state index in [0.29, 0.717) is 16.1 Å². The number of carbonyl (C=O) groups is 1. The van der Waals surface area contributed by atoms with Gasteiger partial charge in [0.2, 0.25) is 5.25 Å². The van der Waals surface area contributed by atoms with Gasteiger partial charge in [-0.15, -0.1) is 0 Å². The highest BCUT2D eigenvalue weighted by atomic mass is 35.5. The number of halogens is 2. The van der Waals surface area contributed by atoms with Crippen LogP contribution in [0, 0.1) is 0 Å². The molecule has 0 saturated heterocycles. The maximum Gasteiger partial charge on any atom is 0.357 e. The maximum absolute atomic E-state index is 12.3. The van der Waals surface area contributed by atoms with Crippen LogP contribution in [-0.2, 0) is 16.0 Å². The molecule has 3 rings (SSSR count). The van der Waals surface area contributed by atoms with E-state index in [-0.39, 0.29) is 15.5 Å². The van der Waals surface area contributed by atoms with Crippen molar-refractivity contribution in [3.63, 3.8) is 0 Å². The summed E-state index contributed by atoms with van der Waals surface area (Å²) in [7, 11) is 0.